The molecule has 0 aliphatic carbocycles. The molecule has 1 aromatic heterocycles. The Bertz CT molecular complexity index is 685. The van der Waals surface area contributed by atoms with Gasteiger partial charge in [-0.3, -0.25) is 4.79 Å². The molecule has 0 aliphatic rings. The third-order valence-corrected chi connectivity index (χ3v) is 3.75. The third kappa shape index (κ3) is 4.37. The monoisotopic (exact) mass is 473 g/mol. The predicted octanol–water partition coefficient (Wildman–Crippen LogP) is 2.75. The smallest absolute Gasteiger partial charge is 0.207 e. The molecule has 6 heteroatoms. The van der Waals surface area contributed by atoms with Crippen molar-refractivity contribution in [3.05, 3.63) is 49.8 Å². The first kappa shape index (κ1) is 18.8. The second kappa shape index (κ2) is 8.41. The number of aromatic nitrogens is 1. The van der Waals surface area contributed by atoms with Crippen LogP contribution >= 0.6 is 22.6 Å². The van der Waals surface area contributed by atoms with Gasteiger partial charge in [-0.25, -0.2) is 0 Å². The summed E-state index contributed by atoms with van der Waals surface area (Å²) < 4.78 is 12.5. The van der Waals surface area contributed by atoms with Gasteiger partial charge in [-0.2, -0.15) is 12.1 Å². The van der Waals surface area contributed by atoms with Crippen molar-refractivity contribution in [3.63, 3.8) is 0 Å². The van der Waals surface area contributed by atoms with E-state index < -0.39 is 0 Å². The standard InChI is InChI=1S/C15H15INO3.Y/c1-10-8-11(20-9-19-3)4-5-12(10)14-7-6-13(16)15(18)17(14)2;/h4-6,8H,9H2,1-3H3;/q-1;. The van der Waals surface area contributed by atoms with Crippen molar-refractivity contribution in [1.82, 2.24) is 4.57 Å². The van der Waals surface area contributed by atoms with Gasteiger partial charge in [-0.05, 0) is 15.7 Å². The fourth-order valence-corrected chi connectivity index (χ4v) is 2.45. The van der Waals surface area contributed by atoms with Crippen LogP contribution in [0.15, 0.2) is 29.1 Å². The number of aryl methyl sites for hydroxylation is 1. The average Bonchev–Trinajstić information content (AvgIpc) is 2.44. The fourth-order valence-electron chi connectivity index (χ4n) is 1.93. The minimum atomic E-state index is -0.0153. The number of rotatable bonds is 4. The SMILES string of the molecule is COCOc1ccc(-c2[c-]cc(I)c(=O)n2C)c(C)c1.[Y]. The van der Waals surface area contributed by atoms with Gasteiger partial charge in [-0.15, -0.1) is 28.7 Å². The molecule has 0 bridgehead atoms. The molecule has 0 aliphatic heterocycles. The minimum Gasteiger partial charge on any atom is -0.468 e. The zero-order chi connectivity index (χ0) is 14.7. The van der Waals surface area contributed by atoms with Crippen LogP contribution in [0.1, 0.15) is 5.56 Å². The van der Waals surface area contributed by atoms with Gasteiger partial charge in [0.1, 0.15) is 5.75 Å². The van der Waals surface area contributed by atoms with Crippen LogP contribution in [-0.2, 0) is 44.5 Å². The molecule has 0 atom stereocenters. The number of pyridine rings is 1. The number of methoxy groups -OCH3 is 1. The first-order chi connectivity index (χ1) is 9.54. The Kier molecular flexibility index (Phi) is 7.53. The van der Waals surface area contributed by atoms with E-state index in [1.54, 1.807) is 24.8 Å². The summed E-state index contributed by atoms with van der Waals surface area (Å²) >= 11 is 2.02. The van der Waals surface area contributed by atoms with Crippen LogP contribution in [0.4, 0.5) is 0 Å². The van der Waals surface area contributed by atoms with Crippen molar-refractivity contribution < 1.29 is 42.2 Å². The van der Waals surface area contributed by atoms with Crippen LogP contribution in [0.3, 0.4) is 0 Å². The molecule has 0 spiro atoms. The largest absolute Gasteiger partial charge is 0.468 e. The van der Waals surface area contributed by atoms with Crippen molar-refractivity contribution in [1.29, 1.82) is 0 Å². The van der Waals surface area contributed by atoms with Gasteiger partial charge in [0.05, 0.1) is 0 Å². The number of hydrogen-bond donors (Lipinski definition) is 0. The van der Waals surface area contributed by atoms with Gasteiger partial charge in [0, 0.05) is 46.9 Å². The molecule has 2 rings (SSSR count). The van der Waals surface area contributed by atoms with Gasteiger partial charge in [0.2, 0.25) is 5.56 Å². The van der Waals surface area contributed by atoms with Gasteiger partial charge in [0.25, 0.3) is 0 Å². The zero-order valence-corrected chi connectivity index (χ0v) is 17.1. The Hall–Kier alpha value is -0.236. The molecule has 0 unspecified atom stereocenters. The van der Waals surface area contributed by atoms with Crippen LogP contribution in [-0.4, -0.2) is 18.5 Å². The average molecular weight is 473 g/mol. The number of hydrogen-bond acceptors (Lipinski definition) is 3. The summed E-state index contributed by atoms with van der Waals surface area (Å²) in [5.41, 5.74) is 2.74. The first-order valence-electron chi connectivity index (χ1n) is 6.04. The van der Waals surface area contributed by atoms with E-state index in [2.05, 4.69) is 6.07 Å². The number of ether oxygens (including phenoxy) is 2. The molecule has 2 aromatic rings. The summed E-state index contributed by atoms with van der Waals surface area (Å²) in [5.74, 6) is 0.739. The minimum absolute atomic E-state index is 0. The topological polar surface area (TPSA) is 40.5 Å². The van der Waals surface area contributed by atoms with Crippen molar-refractivity contribution in [2.75, 3.05) is 13.9 Å². The van der Waals surface area contributed by atoms with Crippen LogP contribution in [0.2, 0.25) is 0 Å². The van der Waals surface area contributed by atoms with E-state index in [0.29, 0.717) is 3.57 Å². The summed E-state index contributed by atoms with van der Waals surface area (Å²) in [6.07, 6.45) is 0. The molecule has 0 N–H and O–H groups in total. The van der Waals surface area contributed by atoms with Crippen molar-refractivity contribution in [3.8, 4) is 17.0 Å². The number of halogens is 1. The third-order valence-electron chi connectivity index (χ3n) is 2.98. The molecule has 0 saturated carbocycles. The molecule has 1 radical (unpaired) electrons. The van der Waals surface area contributed by atoms with E-state index in [0.717, 1.165) is 22.6 Å². The maximum atomic E-state index is 12.0. The van der Waals surface area contributed by atoms with Gasteiger partial charge in [-0.1, -0.05) is 23.7 Å². The molecular weight excluding hydrogens is 458 g/mol. The molecule has 0 amide bonds. The van der Waals surface area contributed by atoms with E-state index in [1.807, 2.05) is 47.7 Å². The fraction of sp³-hybridized carbons (Fsp3) is 0.267. The summed E-state index contributed by atoms with van der Waals surface area (Å²) in [4.78, 5) is 12.0. The number of nitrogens with zero attached hydrogens (tertiary/aromatic N) is 1. The summed E-state index contributed by atoms with van der Waals surface area (Å²) in [5, 5.41) is 0. The molecule has 0 fully saturated rings. The Morgan fingerprint density at radius 2 is 2.10 bits per heavy atom. The van der Waals surface area contributed by atoms with E-state index in [-0.39, 0.29) is 45.1 Å². The van der Waals surface area contributed by atoms with Crippen molar-refractivity contribution in [2.24, 2.45) is 7.05 Å². The number of benzene rings is 1. The Morgan fingerprint density at radius 3 is 2.71 bits per heavy atom. The predicted molar refractivity (Wildman–Crippen MR) is 85.9 cm³/mol. The molecule has 1 aromatic carbocycles. The second-order valence-electron chi connectivity index (χ2n) is 4.38. The van der Waals surface area contributed by atoms with E-state index in [9.17, 15) is 4.79 Å². The summed E-state index contributed by atoms with van der Waals surface area (Å²) in [6, 6.07) is 10.6. The van der Waals surface area contributed by atoms with Crippen LogP contribution < -0.4 is 10.3 Å². The van der Waals surface area contributed by atoms with Gasteiger partial charge < -0.3 is 14.0 Å². The molecule has 1 heterocycles. The van der Waals surface area contributed by atoms with E-state index in [4.69, 9.17) is 9.47 Å². The molecule has 4 nitrogen and oxygen atoms in total. The molecule has 21 heavy (non-hydrogen) atoms. The van der Waals surface area contributed by atoms with Crippen LogP contribution in [0.5, 0.6) is 5.75 Å². The Labute approximate surface area is 162 Å². The maximum absolute atomic E-state index is 12.0. The van der Waals surface area contributed by atoms with Gasteiger partial charge in [0.15, 0.2) is 6.79 Å². The Balaban J connectivity index is 0.00000220. The maximum Gasteiger partial charge on any atom is 0.207 e. The van der Waals surface area contributed by atoms with Crippen LogP contribution in [0.25, 0.3) is 11.3 Å². The quantitative estimate of drug-likeness (QED) is 0.390. The second-order valence-corrected chi connectivity index (χ2v) is 5.54. The molecule has 109 valence electrons. The normalized spacial score (nSPS) is 10.1. The van der Waals surface area contributed by atoms with Crippen molar-refractivity contribution in [2.45, 2.75) is 6.92 Å². The molecule has 0 saturated heterocycles. The summed E-state index contributed by atoms with van der Waals surface area (Å²) in [6.45, 7) is 2.19. The first-order valence-corrected chi connectivity index (χ1v) is 7.12. The van der Waals surface area contributed by atoms with Crippen LogP contribution in [0, 0.1) is 16.6 Å². The molecular formula is C15H15INO3Y-. The van der Waals surface area contributed by atoms with E-state index >= 15 is 0 Å². The zero-order valence-electron chi connectivity index (χ0n) is 12.1. The van der Waals surface area contributed by atoms with Gasteiger partial charge >= 0.3 is 0 Å². The van der Waals surface area contributed by atoms with E-state index in [1.165, 1.54) is 0 Å². The Morgan fingerprint density at radius 1 is 1.38 bits per heavy atom. The van der Waals surface area contributed by atoms with Crippen molar-refractivity contribution >= 4 is 22.6 Å². The summed E-state index contributed by atoms with van der Waals surface area (Å²) in [7, 11) is 3.34.